The lowest BCUT2D eigenvalue weighted by molar-refractivity contribution is 0.219. The van der Waals surface area contributed by atoms with E-state index in [9.17, 15) is 0 Å². The minimum atomic E-state index is 0. The van der Waals surface area contributed by atoms with Crippen LogP contribution in [0.3, 0.4) is 0 Å². The van der Waals surface area contributed by atoms with Crippen molar-refractivity contribution in [2.24, 2.45) is 10.9 Å². The van der Waals surface area contributed by atoms with Gasteiger partial charge in [-0.15, -0.1) is 24.0 Å². The molecule has 0 aliphatic carbocycles. The number of aliphatic imine (C=N–C) groups is 1. The molecule has 134 valence electrons. The van der Waals surface area contributed by atoms with Gasteiger partial charge in [-0.2, -0.15) is 0 Å². The fourth-order valence-electron chi connectivity index (χ4n) is 3.78. The fraction of sp³-hybridized carbons (Fsp3) is 0.632. The van der Waals surface area contributed by atoms with Gasteiger partial charge >= 0.3 is 0 Å². The Balaban J connectivity index is 0.00000208. The molecular formula is C19H31IN4. The fourth-order valence-corrected chi connectivity index (χ4v) is 3.78. The molecule has 1 aromatic carbocycles. The number of rotatable bonds is 3. The first kappa shape index (κ1) is 19.5. The highest BCUT2D eigenvalue weighted by atomic mass is 127. The first-order valence-corrected chi connectivity index (χ1v) is 8.95. The molecule has 5 heteroatoms. The monoisotopic (exact) mass is 442 g/mol. The Kier molecular flexibility index (Phi) is 7.81. The van der Waals surface area contributed by atoms with Gasteiger partial charge in [0.1, 0.15) is 0 Å². The number of hydrogen-bond acceptors (Lipinski definition) is 2. The number of benzene rings is 1. The summed E-state index contributed by atoms with van der Waals surface area (Å²) in [5.74, 6) is 2.51. The Hall–Kier alpha value is -0.820. The van der Waals surface area contributed by atoms with E-state index in [1.54, 1.807) is 0 Å². The molecule has 0 spiro atoms. The topological polar surface area (TPSA) is 30.9 Å². The molecule has 0 saturated carbocycles. The molecule has 0 aromatic heterocycles. The van der Waals surface area contributed by atoms with E-state index in [0.717, 1.165) is 31.5 Å². The maximum absolute atomic E-state index is 4.52. The molecule has 0 amide bonds. The molecule has 1 aromatic rings. The molecular weight excluding hydrogens is 411 g/mol. The number of hydrogen-bond donors (Lipinski definition) is 1. The van der Waals surface area contributed by atoms with Crippen LogP contribution in [0.5, 0.6) is 0 Å². The molecule has 0 bridgehead atoms. The summed E-state index contributed by atoms with van der Waals surface area (Å²) >= 11 is 0. The minimum absolute atomic E-state index is 0. The second kappa shape index (κ2) is 9.61. The number of guanidine groups is 1. The van der Waals surface area contributed by atoms with Crippen molar-refractivity contribution < 1.29 is 0 Å². The van der Waals surface area contributed by atoms with E-state index in [4.69, 9.17) is 0 Å². The summed E-state index contributed by atoms with van der Waals surface area (Å²) in [6.45, 7) is 5.70. The van der Waals surface area contributed by atoms with Crippen LogP contribution in [0.1, 0.15) is 30.7 Å². The highest BCUT2D eigenvalue weighted by Gasteiger charge is 2.26. The molecule has 3 rings (SSSR count). The van der Waals surface area contributed by atoms with Crippen molar-refractivity contribution in [1.82, 2.24) is 15.1 Å². The van der Waals surface area contributed by atoms with Crippen molar-refractivity contribution in [3.63, 3.8) is 0 Å². The highest BCUT2D eigenvalue weighted by Crippen LogP contribution is 2.27. The lowest BCUT2D eigenvalue weighted by Gasteiger charge is -2.30. The van der Waals surface area contributed by atoms with Gasteiger partial charge in [0, 0.05) is 32.6 Å². The maximum atomic E-state index is 4.52. The van der Waals surface area contributed by atoms with Crippen molar-refractivity contribution in [1.29, 1.82) is 0 Å². The molecule has 2 saturated heterocycles. The number of nitrogens with one attached hydrogen (secondary N) is 1. The van der Waals surface area contributed by atoms with Crippen molar-refractivity contribution in [3.8, 4) is 0 Å². The van der Waals surface area contributed by atoms with Crippen LogP contribution in [0.25, 0.3) is 0 Å². The number of piperidine rings is 1. The molecule has 2 aliphatic heterocycles. The van der Waals surface area contributed by atoms with Gasteiger partial charge in [-0.3, -0.25) is 4.99 Å². The highest BCUT2D eigenvalue weighted by molar-refractivity contribution is 14.0. The average molecular weight is 442 g/mol. The molecule has 2 heterocycles. The molecule has 1 unspecified atom stereocenters. The number of likely N-dealkylation sites (tertiary alicyclic amines) is 2. The van der Waals surface area contributed by atoms with Crippen molar-refractivity contribution in [2.45, 2.75) is 25.2 Å². The zero-order valence-corrected chi connectivity index (χ0v) is 17.3. The third kappa shape index (κ3) is 5.09. The molecule has 2 aliphatic rings. The Morgan fingerprint density at radius 2 is 1.83 bits per heavy atom. The lowest BCUT2D eigenvalue weighted by atomic mass is 9.97. The van der Waals surface area contributed by atoms with Crippen molar-refractivity contribution in [3.05, 3.63) is 35.9 Å². The van der Waals surface area contributed by atoms with Gasteiger partial charge in [0.25, 0.3) is 0 Å². The van der Waals surface area contributed by atoms with Crippen LogP contribution in [0.15, 0.2) is 35.3 Å². The summed E-state index contributed by atoms with van der Waals surface area (Å²) in [4.78, 5) is 9.37. The zero-order chi connectivity index (χ0) is 16.1. The lowest BCUT2D eigenvalue weighted by Crippen LogP contribution is -2.43. The molecule has 1 N–H and O–H groups in total. The van der Waals surface area contributed by atoms with Crippen LogP contribution >= 0.6 is 24.0 Å². The van der Waals surface area contributed by atoms with Crippen LogP contribution in [-0.4, -0.2) is 62.6 Å². The van der Waals surface area contributed by atoms with Gasteiger partial charge in [0.05, 0.1) is 0 Å². The minimum Gasteiger partial charge on any atom is -0.356 e. The third-order valence-electron chi connectivity index (χ3n) is 5.36. The number of nitrogens with zero attached hydrogens (tertiary/aromatic N) is 3. The Morgan fingerprint density at radius 3 is 2.50 bits per heavy atom. The standard InChI is InChI=1S/C19H30N4.HI/c1-20-19(21-14-16-8-11-22(2)12-9-16)23-13-10-18(15-23)17-6-4-3-5-7-17;/h3-7,16,18H,8-15H2,1-2H3,(H,20,21);1H. The number of halogens is 1. The molecule has 4 nitrogen and oxygen atoms in total. The summed E-state index contributed by atoms with van der Waals surface area (Å²) in [6.07, 6.45) is 3.82. The smallest absolute Gasteiger partial charge is 0.193 e. The largest absolute Gasteiger partial charge is 0.356 e. The van der Waals surface area contributed by atoms with E-state index in [1.807, 2.05) is 7.05 Å². The van der Waals surface area contributed by atoms with Crippen LogP contribution in [0.4, 0.5) is 0 Å². The first-order chi connectivity index (χ1) is 11.3. The molecule has 1 atom stereocenters. The second-order valence-corrected chi connectivity index (χ2v) is 7.02. The van der Waals surface area contributed by atoms with Crippen LogP contribution in [0.2, 0.25) is 0 Å². The van der Waals surface area contributed by atoms with E-state index in [1.165, 1.54) is 37.9 Å². The Morgan fingerprint density at radius 1 is 1.12 bits per heavy atom. The van der Waals surface area contributed by atoms with Crippen molar-refractivity contribution in [2.75, 3.05) is 46.8 Å². The molecule has 2 fully saturated rings. The van der Waals surface area contributed by atoms with E-state index >= 15 is 0 Å². The van der Waals surface area contributed by atoms with E-state index in [2.05, 4.69) is 57.5 Å². The van der Waals surface area contributed by atoms with E-state index in [0.29, 0.717) is 5.92 Å². The van der Waals surface area contributed by atoms with Gasteiger partial charge in [0.15, 0.2) is 5.96 Å². The van der Waals surface area contributed by atoms with Gasteiger partial charge in [-0.1, -0.05) is 30.3 Å². The predicted molar refractivity (Wildman–Crippen MR) is 112 cm³/mol. The SMILES string of the molecule is CN=C(NCC1CCN(C)CC1)N1CCC(c2ccccc2)C1.I. The first-order valence-electron chi connectivity index (χ1n) is 8.95. The van der Waals surface area contributed by atoms with Crippen LogP contribution in [-0.2, 0) is 0 Å². The summed E-state index contributed by atoms with van der Waals surface area (Å²) in [5.41, 5.74) is 1.46. The Labute approximate surface area is 163 Å². The Bertz CT molecular complexity index is 511. The average Bonchev–Trinajstić information content (AvgIpc) is 3.08. The summed E-state index contributed by atoms with van der Waals surface area (Å²) in [5, 5.41) is 3.63. The van der Waals surface area contributed by atoms with Crippen LogP contribution in [0, 0.1) is 5.92 Å². The van der Waals surface area contributed by atoms with Crippen molar-refractivity contribution >= 4 is 29.9 Å². The second-order valence-electron chi connectivity index (χ2n) is 7.02. The normalized spacial score (nSPS) is 23.2. The van der Waals surface area contributed by atoms with Gasteiger partial charge in [-0.25, -0.2) is 0 Å². The zero-order valence-electron chi connectivity index (χ0n) is 14.9. The molecule has 0 radical (unpaired) electrons. The predicted octanol–water partition coefficient (Wildman–Crippen LogP) is 3.01. The third-order valence-corrected chi connectivity index (χ3v) is 5.36. The maximum Gasteiger partial charge on any atom is 0.193 e. The summed E-state index contributed by atoms with van der Waals surface area (Å²) < 4.78 is 0. The summed E-state index contributed by atoms with van der Waals surface area (Å²) in [7, 11) is 4.13. The van der Waals surface area contributed by atoms with Gasteiger partial charge in [0.2, 0.25) is 0 Å². The quantitative estimate of drug-likeness (QED) is 0.444. The molecule has 24 heavy (non-hydrogen) atoms. The van der Waals surface area contributed by atoms with E-state index < -0.39 is 0 Å². The van der Waals surface area contributed by atoms with Crippen LogP contribution < -0.4 is 5.32 Å². The van der Waals surface area contributed by atoms with Gasteiger partial charge in [-0.05, 0) is 50.9 Å². The summed E-state index contributed by atoms with van der Waals surface area (Å²) in [6, 6.07) is 10.9. The van der Waals surface area contributed by atoms with Gasteiger partial charge < -0.3 is 15.1 Å². The van der Waals surface area contributed by atoms with E-state index in [-0.39, 0.29) is 24.0 Å².